The molecule has 1 aliphatic rings. The second kappa shape index (κ2) is 14.4. The molecule has 12 aromatic rings. The third-order valence-electron chi connectivity index (χ3n) is 13.1. The maximum absolute atomic E-state index is 6.26. The predicted octanol–water partition coefficient (Wildman–Crippen LogP) is 14.1. The zero-order valence-electron chi connectivity index (χ0n) is 35.0. The van der Waals surface area contributed by atoms with E-state index < -0.39 is 0 Å². The standard InChI is InChI=1S/C58H41N5O/c1-36-33-41(58-60-56(38-17-6-3-7-18-38)59-57(61-58)40-20-14-19-39(34-40)37-15-4-2-5-16-37)27-30-48(36)63-49-24-11-8-21-43(49)45-29-31-51-54(55(45)63)46-23-9-12-25-50(46)62(51)42-28-32-53-47(35-42)44-22-10-13-26-52(44)64-53/h2-35,56,58,60H,1H3,(H,59,61). The average Bonchev–Trinajstić information content (AvgIpc) is 4.02. The van der Waals surface area contributed by atoms with E-state index in [0.717, 1.165) is 78.0 Å². The van der Waals surface area contributed by atoms with Crippen molar-refractivity contribution in [3.63, 3.8) is 0 Å². The Kier molecular flexibility index (Phi) is 8.23. The molecule has 1 aliphatic heterocycles. The molecule has 2 unspecified atom stereocenters. The highest BCUT2D eigenvalue weighted by Crippen LogP contribution is 2.43. The molecular formula is C58H41N5O. The molecule has 0 bridgehead atoms. The minimum absolute atomic E-state index is 0.144. The van der Waals surface area contributed by atoms with Crippen LogP contribution in [0.15, 0.2) is 216 Å². The van der Waals surface area contributed by atoms with E-state index in [0.29, 0.717) is 0 Å². The summed E-state index contributed by atoms with van der Waals surface area (Å²) in [6, 6.07) is 73.7. The second-order valence-electron chi connectivity index (χ2n) is 16.9. The minimum atomic E-state index is -0.290. The maximum Gasteiger partial charge on any atom is 0.135 e. The zero-order valence-corrected chi connectivity index (χ0v) is 35.0. The van der Waals surface area contributed by atoms with Gasteiger partial charge in [0.1, 0.15) is 29.3 Å². The molecule has 2 N–H and O–H groups in total. The molecule has 6 heteroatoms. The van der Waals surface area contributed by atoms with Crippen molar-refractivity contribution in [2.75, 3.05) is 0 Å². The van der Waals surface area contributed by atoms with Crippen LogP contribution in [-0.4, -0.2) is 15.0 Å². The van der Waals surface area contributed by atoms with Gasteiger partial charge in [-0.15, -0.1) is 0 Å². The normalized spacial score (nSPS) is 15.4. The third kappa shape index (κ3) is 5.73. The molecule has 0 aliphatic carbocycles. The van der Waals surface area contributed by atoms with Crippen LogP contribution in [0.1, 0.15) is 34.6 Å². The van der Waals surface area contributed by atoms with Gasteiger partial charge in [0.15, 0.2) is 0 Å². The fourth-order valence-electron chi connectivity index (χ4n) is 10.2. The molecule has 304 valence electrons. The molecule has 0 saturated heterocycles. The molecule has 0 saturated carbocycles. The first-order valence-electron chi connectivity index (χ1n) is 21.9. The van der Waals surface area contributed by atoms with Gasteiger partial charge in [-0.25, -0.2) is 4.99 Å². The quantitative estimate of drug-likeness (QED) is 0.176. The van der Waals surface area contributed by atoms with Crippen LogP contribution >= 0.6 is 0 Å². The van der Waals surface area contributed by atoms with Gasteiger partial charge >= 0.3 is 0 Å². The topological polar surface area (TPSA) is 59.4 Å². The second-order valence-corrected chi connectivity index (χ2v) is 16.9. The lowest BCUT2D eigenvalue weighted by Gasteiger charge is -2.32. The Morgan fingerprint density at radius 3 is 1.98 bits per heavy atom. The van der Waals surface area contributed by atoms with Crippen molar-refractivity contribution in [3.8, 4) is 22.5 Å². The van der Waals surface area contributed by atoms with E-state index in [-0.39, 0.29) is 12.3 Å². The summed E-state index contributed by atoms with van der Waals surface area (Å²) in [5, 5.41) is 14.7. The van der Waals surface area contributed by atoms with Crippen molar-refractivity contribution in [2.45, 2.75) is 19.3 Å². The minimum Gasteiger partial charge on any atom is -0.456 e. The van der Waals surface area contributed by atoms with Crippen LogP contribution in [0.25, 0.3) is 88.1 Å². The van der Waals surface area contributed by atoms with Gasteiger partial charge in [0.05, 0.1) is 22.1 Å². The number of rotatable bonds is 6. The molecule has 2 atom stereocenters. The van der Waals surface area contributed by atoms with Crippen molar-refractivity contribution >= 4 is 71.4 Å². The van der Waals surface area contributed by atoms with Crippen molar-refractivity contribution in [1.82, 2.24) is 19.8 Å². The number of fused-ring (bicyclic) bond motifs is 10. The van der Waals surface area contributed by atoms with Gasteiger partial charge in [0.25, 0.3) is 0 Å². The Morgan fingerprint density at radius 2 is 1.16 bits per heavy atom. The average molecular weight is 824 g/mol. The maximum atomic E-state index is 6.26. The Morgan fingerprint density at radius 1 is 0.469 bits per heavy atom. The summed E-state index contributed by atoms with van der Waals surface area (Å²) in [6.07, 6.45) is -0.433. The van der Waals surface area contributed by atoms with Crippen LogP contribution in [0, 0.1) is 6.92 Å². The lowest BCUT2D eigenvalue weighted by molar-refractivity contribution is 0.409. The van der Waals surface area contributed by atoms with Crippen molar-refractivity contribution < 1.29 is 4.42 Å². The molecule has 0 spiro atoms. The van der Waals surface area contributed by atoms with Gasteiger partial charge in [0, 0.05) is 49.3 Å². The predicted molar refractivity (Wildman–Crippen MR) is 264 cm³/mol. The van der Waals surface area contributed by atoms with Crippen molar-refractivity contribution in [1.29, 1.82) is 0 Å². The van der Waals surface area contributed by atoms with E-state index in [1.807, 2.05) is 12.1 Å². The van der Waals surface area contributed by atoms with E-state index in [1.165, 1.54) is 38.1 Å². The first kappa shape index (κ1) is 36.5. The largest absolute Gasteiger partial charge is 0.456 e. The summed E-state index contributed by atoms with van der Waals surface area (Å²) in [5.41, 5.74) is 15.5. The number of aryl methyl sites for hydroxylation is 1. The third-order valence-corrected chi connectivity index (χ3v) is 13.1. The van der Waals surface area contributed by atoms with Gasteiger partial charge < -0.3 is 18.9 Å². The summed E-state index contributed by atoms with van der Waals surface area (Å²) >= 11 is 0. The fraction of sp³-hybridized carbons (Fsp3) is 0.0517. The molecule has 0 amide bonds. The Balaban J connectivity index is 0.979. The van der Waals surface area contributed by atoms with Crippen LogP contribution in [0.3, 0.4) is 0 Å². The summed E-state index contributed by atoms with van der Waals surface area (Å²) in [7, 11) is 0. The Labute approximate surface area is 369 Å². The number of furan rings is 1. The molecule has 64 heavy (non-hydrogen) atoms. The number of aliphatic imine (C=N–C) groups is 1. The van der Waals surface area contributed by atoms with E-state index in [4.69, 9.17) is 9.41 Å². The van der Waals surface area contributed by atoms with Gasteiger partial charge in [-0.3, -0.25) is 5.32 Å². The van der Waals surface area contributed by atoms with Crippen molar-refractivity contribution in [2.24, 2.45) is 4.99 Å². The number of benzene rings is 9. The molecule has 13 rings (SSSR count). The van der Waals surface area contributed by atoms with Crippen LogP contribution < -0.4 is 10.6 Å². The van der Waals surface area contributed by atoms with E-state index in [2.05, 4.69) is 221 Å². The SMILES string of the molecule is Cc1cc(C2N=C(c3cccc(-c4ccccc4)c3)NC(c3ccccc3)N2)ccc1-n1c2ccccc2c2ccc3c(c4ccccc4n3-c3ccc4oc5ccccc5c4c3)c21. The monoisotopic (exact) mass is 823 g/mol. The summed E-state index contributed by atoms with van der Waals surface area (Å²) in [6.45, 7) is 2.23. The highest BCUT2D eigenvalue weighted by atomic mass is 16.3. The van der Waals surface area contributed by atoms with Crippen LogP contribution in [-0.2, 0) is 0 Å². The number of hydrogen-bond acceptors (Lipinski definition) is 4. The van der Waals surface area contributed by atoms with Gasteiger partial charge in [0.2, 0.25) is 0 Å². The molecular weight excluding hydrogens is 783 g/mol. The number of aromatic nitrogens is 2. The highest BCUT2D eigenvalue weighted by Gasteiger charge is 2.27. The van der Waals surface area contributed by atoms with Crippen LogP contribution in [0.2, 0.25) is 0 Å². The molecule has 0 fully saturated rings. The molecule has 3 aromatic heterocycles. The zero-order chi connectivity index (χ0) is 42.3. The molecule has 6 nitrogen and oxygen atoms in total. The van der Waals surface area contributed by atoms with Gasteiger partial charge in [-0.2, -0.15) is 0 Å². The highest BCUT2D eigenvalue weighted by molar-refractivity contribution is 6.26. The van der Waals surface area contributed by atoms with Crippen molar-refractivity contribution in [3.05, 3.63) is 229 Å². The number of hydrogen-bond donors (Lipinski definition) is 2. The molecule has 9 aromatic carbocycles. The first-order chi connectivity index (χ1) is 31.6. The fourth-order valence-corrected chi connectivity index (χ4v) is 10.2. The number of amidine groups is 1. The van der Waals surface area contributed by atoms with E-state index >= 15 is 0 Å². The first-order valence-corrected chi connectivity index (χ1v) is 21.9. The van der Waals surface area contributed by atoms with E-state index in [1.54, 1.807) is 0 Å². The number of nitrogens with zero attached hydrogens (tertiary/aromatic N) is 3. The Bertz CT molecular complexity index is 3820. The van der Waals surface area contributed by atoms with Crippen LogP contribution in [0.5, 0.6) is 0 Å². The summed E-state index contributed by atoms with van der Waals surface area (Å²) in [4.78, 5) is 5.38. The Hall–Kier alpha value is -8.19. The van der Waals surface area contributed by atoms with Gasteiger partial charge in [-0.05, 0) is 89.3 Å². The van der Waals surface area contributed by atoms with E-state index in [9.17, 15) is 0 Å². The number of nitrogens with one attached hydrogen (secondary N) is 2. The summed E-state index contributed by atoms with van der Waals surface area (Å²) < 4.78 is 11.2. The lowest BCUT2D eigenvalue weighted by Crippen LogP contribution is -2.45. The lowest BCUT2D eigenvalue weighted by atomic mass is 10.0. The smallest absolute Gasteiger partial charge is 0.135 e. The van der Waals surface area contributed by atoms with Gasteiger partial charge in [-0.1, -0.05) is 152 Å². The summed E-state index contributed by atoms with van der Waals surface area (Å²) in [5.74, 6) is 0.860. The number of para-hydroxylation sites is 3. The van der Waals surface area contributed by atoms with Crippen LogP contribution in [0.4, 0.5) is 0 Å². The molecule has 4 heterocycles. The molecule has 0 radical (unpaired) electrons.